The van der Waals surface area contributed by atoms with Crippen LogP contribution in [-0.2, 0) is 0 Å². The van der Waals surface area contributed by atoms with Crippen LogP contribution < -0.4 is 15.2 Å². The first-order valence-electron chi connectivity index (χ1n) is 7.62. The molecule has 0 saturated carbocycles. The predicted molar refractivity (Wildman–Crippen MR) is 91.6 cm³/mol. The van der Waals surface area contributed by atoms with Gasteiger partial charge in [0.1, 0.15) is 5.69 Å². The second-order valence-electron chi connectivity index (χ2n) is 5.16. The maximum Gasteiger partial charge on any atom is 0.275 e. The van der Waals surface area contributed by atoms with Crippen LogP contribution >= 0.6 is 11.6 Å². The third kappa shape index (κ3) is 3.18. The quantitative estimate of drug-likeness (QED) is 0.613. The number of aromatic nitrogens is 5. The smallest absolute Gasteiger partial charge is 0.275 e. The van der Waals surface area contributed by atoms with Crippen molar-refractivity contribution in [1.29, 1.82) is 0 Å². The minimum Gasteiger partial charge on any atom is -0.493 e. The number of hydrogen-bond acceptors (Lipinski definition) is 9. The van der Waals surface area contributed by atoms with Gasteiger partial charge in [0.2, 0.25) is 11.6 Å². The van der Waals surface area contributed by atoms with Gasteiger partial charge in [-0.3, -0.25) is 4.79 Å². The molecular formula is C15H15ClN6O4. The van der Waals surface area contributed by atoms with Gasteiger partial charge in [0, 0.05) is 5.56 Å². The van der Waals surface area contributed by atoms with Gasteiger partial charge in [-0.25, -0.2) is 4.63 Å². The number of halogens is 1. The summed E-state index contributed by atoms with van der Waals surface area (Å²) in [5, 5.41) is 14.1. The van der Waals surface area contributed by atoms with Gasteiger partial charge in [-0.15, -0.1) is 5.10 Å². The Kier molecular flexibility index (Phi) is 5.03. The minimum atomic E-state index is -0.786. The Labute approximate surface area is 152 Å². The maximum absolute atomic E-state index is 11.8. The number of anilines is 1. The Balaban J connectivity index is 2.15. The van der Waals surface area contributed by atoms with Crippen molar-refractivity contribution >= 4 is 22.7 Å². The zero-order chi connectivity index (χ0) is 18.7. The Hall–Kier alpha value is -3.14. The standard InChI is InChI=1S/C15H15ClN6O4/c1-3-6-25-9-5-4-8(7-10(9)24-2)12-11(13(16)23)18-21-22(12)15-14(17)19-26-20-15/h4-5,7H,3,6H2,1-2H3,(H2,17,19). The van der Waals surface area contributed by atoms with E-state index < -0.39 is 5.24 Å². The van der Waals surface area contributed by atoms with Crippen LogP contribution in [-0.4, -0.2) is 44.3 Å². The second-order valence-corrected chi connectivity index (χ2v) is 5.50. The molecule has 0 amide bonds. The molecule has 11 heteroatoms. The van der Waals surface area contributed by atoms with Crippen LogP contribution in [0.5, 0.6) is 11.5 Å². The topological polar surface area (TPSA) is 131 Å². The number of nitrogens with two attached hydrogens (primary N) is 1. The number of benzene rings is 1. The van der Waals surface area contributed by atoms with E-state index in [4.69, 9.17) is 26.8 Å². The normalized spacial score (nSPS) is 10.7. The number of nitrogen functional groups attached to an aromatic ring is 1. The second kappa shape index (κ2) is 7.40. The predicted octanol–water partition coefficient (Wildman–Crippen LogP) is 2.08. The van der Waals surface area contributed by atoms with Gasteiger partial charge in [-0.05, 0) is 46.5 Å². The Morgan fingerprint density at radius 2 is 2.15 bits per heavy atom. The molecular weight excluding hydrogens is 364 g/mol. The first-order chi connectivity index (χ1) is 12.6. The maximum atomic E-state index is 11.8. The molecule has 0 unspecified atom stereocenters. The molecule has 0 aliphatic rings. The van der Waals surface area contributed by atoms with E-state index in [2.05, 4.69) is 25.3 Å². The van der Waals surface area contributed by atoms with Crippen LogP contribution in [0.2, 0.25) is 0 Å². The fourth-order valence-electron chi connectivity index (χ4n) is 2.31. The summed E-state index contributed by atoms with van der Waals surface area (Å²) < 4.78 is 16.8. The third-order valence-corrected chi connectivity index (χ3v) is 3.63. The van der Waals surface area contributed by atoms with Gasteiger partial charge in [0.15, 0.2) is 17.2 Å². The van der Waals surface area contributed by atoms with Crippen LogP contribution in [0.4, 0.5) is 5.82 Å². The molecule has 2 heterocycles. The van der Waals surface area contributed by atoms with Gasteiger partial charge in [-0.1, -0.05) is 12.1 Å². The summed E-state index contributed by atoms with van der Waals surface area (Å²) in [6.45, 7) is 2.54. The van der Waals surface area contributed by atoms with E-state index >= 15 is 0 Å². The summed E-state index contributed by atoms with van der Waals surface area (Å²) in [5.41, 5.74) is 6.47. The molecule has 0 atom stereocenters. The molecule has 0 fully saturated rings. The Bertz CT molecular complexity index is 938. The van der Waals surface area contributed by atoms with Crippen LogP contribution in [0.3, 0.4) is 0 Å². The summed E-state index contributed by atoms with van der Waals surface area (Å²) in [6, 6.07) is 5.11. The Morgan fingerprint density at radius 3 is 2.77 bits per heavy atom. The van der Waals surface area contributed by atoms with Crippen molar-refractivity contribution in [2.75, 3.05) is 19.5 Å². The molecule has 0 bridgehead atoms. The van der Waals surface area contributed by atoms with Crippen molar-refractivity contribution in [3.8, 4) is 28.6 Å². The van der Waals surface area contributed by atoms with Crippen LogP contribution in [0.15, 0.2) is 22.8 Å². The zero-order valence-electron chi connectivity index (χ0n) is 14.0. The average molecular weight is 379 g/mol. The number of carbonyl (C=O) groups excluding carboxylic acids is 1. The van der Waals surface area contributed by atoms with E-state index in [1.807, 2.05) is 6.92 Å². The molecule has 2 aromatic heterocycles. The molecule has 26 heavy (non-hydrogen) atoms. The molecule has 3 aromatic rings. The van der Waals surface area contributed by atoms with Crippen molar-refractivity contribution in [3.63, 3.8) is 0 Å². The minimum absolute atomic E-state index is 0.0143. The molecule has 2 N–H and O–H groups in total. The number of carbonyl (C=O) groups is 1. The van der Waals surface area contributed by atoms with Gasteiger partial charge >= 0.3 is 0 Å². The van der Waals surface area contributed by atoms with Crippen molar-refractivity contribution in [3.05, 3.63) is 23.9 Å². The van der Waals surface area contributed by atoms with Gasteiger partial charge in [0.25, 0.3) is 5.24 Å². The zero-order valence-corrected chi connectivity index (χ0v) is 14.7. The number of hydrogen-bond donors (Lipinski definition) is 1. The molecule has 0 radical (unpaired) electrons. The first kappa shape index (κ1) is 17.7. The summed E-state index contributed by atoms with van der Waals surface area (Å²) >= 11 is 5.64. The summed E-state index contributed by atoms with van der Waals surface area (Å²) in [6.07, 6.45) is 0.852. The fraction of sp³-hybridized carbons (Fsp3) is 0.267. The number of nitrogens with zero attached hydrogens (tertiary/aromatic N) is 5. The van der Waals surface area contributed by atoms with Crippen LogP contribution in [0.25, 0.3) is 17.1 Å². The van der Waals surface area contributed by atoms with E-state index in [-0.39, 0.29) is 23.0 Å². The number of methoxy groups -OCH3 is 1. The van der Waals surface area contributed by atoms with Crippen LogP contribution in [0, 0.1) is 0 Å². The highest BCUT2D eigenvalue weighted by Crippen LogP contribution is 2.35. The van der Waals surface area contributed by atoms with Crippen molar-refractivity contribution in [1.82, 2.24) is 25.3 Å². The highest BCUT2D eigenvalue weighted by Gasteiger charge is 2.25. The summed E-state index contributed by atoms with van der Waals surface area (Å²) in [7, 11) is 1.51. The van der Waals surface area contributed by atoms with E-state index in [9.17, 15) is 4.79 Å². The first-order valence-corrected chi connectivity index (χ1v) is 7.99. The summed E-state index contributed by atoms with van der Waals surface area (Å²) in [5.74, 6) is 1.11. The van der Waals surface area contributed by atoms with E-state index in [1.54, 1.807) is 18.2 Å². The largest absolute Gasteiger partial charge is 0.493 e. The molecule has 10 nitrogen and oxygen atoms in total. The van der Waals surface area contributed by atoms with Crippen LogP contribution in [0.1, 0.15) is 23.8 Å². The molecule has 136 valence electrons. The lowest BCUT2D eigenvalue weighted by atomic mass is 10.1. The molecule has 0 aliphatic carbocycles. The third-order valence-electron chi connectivity index (χ3n) is 3.45. The van der Waals surface area contributed by atoms with E-state index in [1.165, 1.54) is 11.8 Å². The highest BCUT2D eigenvalue weighted by molar-refractivity contribution is 6.67. The monoisotopic (exact) mass is 378 g/mol. The highest BCUT2D eigenvalue weighted by atomic mass is 35.5. The molecule has 0 aliphatic heterocycles. The lowest BCUT2D eigenvalue weighted by Gasteiger charge is -2.12. The molecule has 1 aromatic carbocycles. The van der Waals surface area contributed by atoms with E-state index in [0.717, 1.165) is 6.42 Å². The van der Waals surface area contributed by atoms with Crippen molar-refractivity contribution < 1.29 is 18.9 Å². The van der Waals surface area contributed by atoms with Gasteiger partial charge in [-0.2, -0.15) is 4.68 Å². The van der Waals surface area contributed by atoms with Gasteiger partial charge in [0.05, 0.1) is 13.7 Å². The Morgan fingerprint density at radius 1 is 1.35 bits per heavy atom. The lowest BCUT2D eigenvalue weighted by molar-refractivity contribution is 0.107. The summed E-state index contributed by atoms with van der Waals surface area (Å²) in [4.78, 5) is 11.8. The molecule has 3 rings (SSSR count). The average Bonchev–Trinajstić information content (AvgIpc) is 3.25. The number of rotatable bonds is 7. The lowest BCUT2D eigenvalue weighted by Crippen LogP contribution is -2.05. The van der Waals surface area contributed by atoms with Crippen molar-refractivity contribution in [2.24, 2.45) is 0 Å². The fourth-order valence-corrected chi connectivity index (χ4v) is 2.43. The van der Waals surface area contributed by atoms with Crippen molar-refractivity contribution in [2.45, 2.75) is 13.3 Å². The number of ether oxygens (including phenoxy) is 2. The molecule has 0 spiro atoms. The SMILES string of the molecule is CCCOc1ccc(-c2c(C(=O)Cl)nnn2-c2nonc2N)cc1OC. The van der Waals surface area contributed by atoms with E-state index in [0.29, 0.717) is 23.7 Å². The van der Waals surface area contributed by atoms with Gasteiger partial charge < -0.3 is 15.2 Å². The molecule has 0 saturated heterocycles.